The number of nitrogens with zero attached hydrogens (tertiary/aromatic N) is 1. The summed E-state index contributed by atoms with van der Waals surface area (Å²) in [6.45, 7) is 5.65. The van der Waals surface area contributed by atoms with Crippen LogP contribution >= 0.6 is 0 Å². The predicted octanol–water partition coefficient (Wildman–Crippen LogP) is 1.52. The Kier molecular flexibility index (Phi) is 2.38. The molecule has 0 fully saturated rings. The van der Waals surface area contributed by atoms with Crippen molar-refractivity contribution in [3.05, 3.63) is 40.6 Å². The fourth-order valence-corrected chi connectivity index (χ4v) is 1.98. The molecule has 0 aliphatic heterocycles. The molecule has 16 heavy (non-hydrogen) atoms. The van der Waals surface area contributed by atoms with E-state index in [4.69, 9.17) is 0 Å². The van der Waals surface area contributed by atoms with Crippen LogP contribution in [0.5, 0.6) is 0 Å². The van der Waals surface area contributed by atoms with Crippen molar-refractivity contribution in [3.63, 3.8) is 0 Å². The zero-order chi connectivity index (χ0) is 11.9. The van der Waals surface area contributed by atoms with Gasteiger partial charge >= 0.3 is 0 Å². The zero-order valence-electron chi connectivity index (χ0n) is 9.50. The van der Waals surface area contributed by atoms with Crippen LogP contribution < -0.4 is 5.11 Å². The number of hydrogen-bond acceptors (Lipinski definition) is 3. The molecule has 0 N–H and O–H groups in total. The van der Waals surface area contributed by atoms with Crippen LogP contribution in [0, 0.1) is 20.8 Å². The predicted molar refractivity (Wildman–Crippen MR) is 60.3 cm³/mol. The van der Waals surface area contributed by atoms with E-state index in [1.807, 2.05) is 26.0 Å². The van der Waals surface area contributed by atoms with Crippen LogP contribution in [-0.2, 0) is 0 Å². The van der Waals surface area contributed by atoms with Gasteiger partial charge in [-0.05, 0) is 38.5 Å². The molecular formula is C13H12NO2-. The highest BCUT2D eigenvalue weighted by atomic mass is 16.4. The Balaban J connectivity index is 2.95. The molecule has 0 aliphatic rings. The lowest BCUT2D eigenvalue weighted by molar-refractivity contribution is -0.254. The van der Waals surface area contributed by atoms with E-state index < -0.39 is 5.97 Å². The normalized spacial score (nSPS) is 10.7. The minimum atomic E-state index is -1.15. The lowest BCUT2D eigenvalue weighted by atomic mass is 10.0. The van der Waals surface area contributed by atoms with Gasteiger partial charge in [0.05, 0.1) is 11.5 Å². The van der Waals surface area contributed by atoms with E-state index in [1.165, 1.54) is 0 Å². The molecule has 3 heteroatoms. The van der Waals surface area contributed by atoms with Crippen molar-refractivity contribution in [2.75, 3.05) is 0 Å². The minimum absolute atomic E-state index is 0.217. The first-order valence-corrected chi connectivity index (χ1v) is 5.09. The number of aromatic nitrogens is 1. The zero-order valence-corrected chi connectivity index (χ0v) is 9.50. The second kappa shape index (κ2) is 3.59. The van der Waals surface area contributed by atoms with Crippen molar-refractivity contribution < 1.29 is 9.90 Å². The minimum Gasteiger partial charge on any atom is -0.545 e. The smallest absolute Gasteiger partial charge is 0.0741 e. The van der Waals surface area contributed by atoms with Crippen LogP contribution in [0.4, 0.5) is 0 Å². The fraction of sp³-hybridized carbons (Fsp3) is 0.231. The number of carboxylic acids is 1. The topological polar surface area (TPSA) is 53.0 Å². The number of fused-ring (bicyclic) bond motifs is 1. The first-order chi connectivity index (χ1) is 7.49. The van der Waals surface area contributed by atoms with Crippen molar-refractivity contribution in [2.24, 2.45) is 0 Å². The quantitative estimate of drug-likeness (QED) is 0.723. The van der Waals surface area contributed by atoms with Crippen molar-refractivity contribution in [1.82, 2.24) is 4.98 Å². The highest BCUT2D eigenvalue weighted by Crippen LogP contribution is 2.22. The van der Waals surface area contributed by atoms with Gasteiger partial charge in [-0.15, -0.1) is 0 Å². The average Bonchev–Trinajstić information content (AvgIpc) is 2.18. The molecular weight excluding hydrogens is 202 g/mol. The maximum atomic E-state index is 11.1. The van der Waals surface area contributed by atoms with Gasteiger partial charge in [0.15, 0.2) is 0 Å². The van der Waals surface area contributed by atoms with E-state index in [1.54, 1.807) is 13.0 Å². The molecule has 82 valence electrons. The number of hydrogen-bond donors (Lipinski definition) is 0. The SMILES string of the molecule is Cc1cc(C)c2nc(C)cc(C(=O)[O-])c2c1. The van der Waals surface area contributed by atoms with E-state index in [2.05, 4.69) is 4.98 Å². The van der Waals surface area contributed by atoms with Crippen molar-refractivity contribution in [1.29, 1.82) is 0 Å². The first-order valence-electron chi connectivity index (χ1n) is 5.09. The third-order valence-electron chi connectivity index (χ3n) is 2.60. The summed E-state index contributed by atoms with van der Waals surface area (Å²) < 4.78 is 0. The second-order valence-corrected chi connectivity index (χ2v) is 4.08. The summed E-state index contributed by atoms with van der Waals surface area (Å²) in [6, 6.07) is 5.38. The van der Waals surface area contributed by atoms with E-state index >= 15 is 0 Å². The van der Waals surface area contributed by atoms with Gasteiger partial charge in [0.1, 0.15) is 0 Å². The van der Waals surface area contributed by atoms with Crippen molar-refractivity contribution in [3.8, 4) is 0 Å². The Morgan fingerprint density at radius 3 is 2.50 bits per heavy atom. The third kappa shape index (κ3) is 1.65. The van der Waals surface area contributed by atoms with Gasteiger partial charge in [0.2, 0.25) is 0 Å². The summed E-state index contributed by atoms with van der Waals surface area (Å²) in [5, 5.41) is 11.7. The highest BCUT2D eigenvalue weighted by Gasteiger charge is 2.07. The van der Waals surface area contributed by atoms with Crippen LogP contribution in [0.3, 0.4) is 0 Å². The summed E-state index contributed by atoms with van der Waals surface area (Å²) in [5.41, 5.74) is 3.66. The molecule has 0 bridgehead atoms. The first kappa shape index (κ1) is 10.6. The molecule has 0 atom stereocenters. The molecule has 0 saturated heterocycles. The molecule has 1 aromatic heterocycles. The van der Waals surface area contributed by atoms with Crippen LogP contribution in [0.2, 0.25) is 0 Å². The van der Waals surface area contributed by atoms with Gasteiger partial charge < -0.3 is 9.90 Å². The number of pyridine rings is 1. The van der Waals surface area contributed by atoms with E-state index in [0.29, 0.717) is 11.1 Å². The van der Waals surface area contributed by atoms with Gasteiger partial charge in [0.25, 0.3) is 0 Å². The van der Waals surface area contributed by atoms with Crippen molar-refractivity contribution >= 4 is 16.9 Å². The molecule has 1 aromatic carbocycles. The lowest BCUT2D eigenvalue weighted by Gasteiger charge is -2.11. The Hall–Kier alpha value is -1.90. The maximum Gasteiger partial charge on any atom is 0.0741 e. The van der Waals surface area contributed by atoms with E-state index in [-0.39, 0.29) is 5.56 Å². The van der Waals surface area contributed by atoms with E-state index in [9.17, 15) is 9.90 Å². The number of benzene rings is 1. The van der Waals surface area contributed by atoms with Crippen molar-refractivity contribution in [2.45, 2.75) is 20.8 Å². The molecule has 0 amide bonds. The summed E-state index contributed by atoms with van der Waals surface area (Å²) in [5.74, 6) is -1.15. The molecule has 3 nitrogen and oxygen atoms in total. The summed E-state index contributed by atoms with van der Waals surface area (Å²) in [6.07, 6.45) is 0. The molecule has 0 saturated carbocycles. The molecule has 2 aromatic rings. The van der Waals surface area contributed by atoms with Gasteiger partial charge in [-0.3, -0.25) is 4.98 Å². The van der Waals surface area contributed by atoms with Gasteiger partial charge in [-0.2, -0.15) is 0 Å². The second-order valence-electron chi connectivity index (χ2n) is 4.08. The summed E-state index contributed by atoms with van der Waals surface area (Å²) >= 11 is 0. The fourth-order valence-electron chi connectivity index (χ4n) is 1.98. The van der Waals surface area contributed by atoms with Crippen LogP contribution in [0.25, 0.3) is 10.9 Å². The highest BCUT2D eigenvalue weighted by molar-refractivity contribution is 6.02. The summed E-state index contributed by atoms with van der Waals surface area (Å²) in [7, 11) is 0. The number of carbonyl (C=O) groups excluding carboxylic acids is 1. The van der Waals surface area contributed by atoms with Crippen LogP contribution in [0.1, 0.15) is 27.2 Å². The molecule has 0 spiro atoms. The third-order valence-corrected chi connectivity index (χ3v) is 2.60. The largest absolute Gasteiger partial charge is 0.545 e. The van der Waals surface area contributed by atoms with Gasteiger partial charge in [-0.1, -0.05) is 11.6 Å². The average molecular weight is 214 g/mol. The Morgan fingerprint density at radius 2 is 1.88 bits per heavy atom. The molecule has 1 heterocycles. The maximum absolute atomic E-state index is 11.1. The number of aromatic carboxylic acids is 1. The Morgan fingerprint density at radius 1 is 1.19 bits per heavy atom. The lowest BCUT2D eigenvalue weighted by Crippen LogP contribution is -2.23. The Labute approximate surface area is 93.7 Å². The standard InChI is InChI=1S/C13H13NO2/c1-7-4-8(2)12-10(5-7)11(13(15)16)6-9(3)14-12/h4-6H,1-3H3,(H,15,16)/p-1. The van der Waals surface area contributed by atoms with E-state index in [0.717, 1.165) is 16.6 Å². The van der Waals surface area contributed by atoms with Gasteiger partial charge in [0, 0.05) is 16.6 Å². The van der Waals surface area contributed by atoms with Crippen LogP contribution in [0.15, 0.2) is 18.2 Å². The molecule has 2 rings (SSSR count). The monoisotopic (exact) mass is 214 g/mol. The number of rotatable bonds is 1. The Bertz CT molecular complexity index is 588. The number of carboxylic acid groups (broad SMARTS) is 1. The number of aryl methyl sites for hydroxylation is 3. The molecule has 0 radical (unpaired) electrons. The number of carbonyl (C=O) groups is 1. The summed E-state index contributed by atoms with van der Waals surface area (Å²) in [4.78, 5) is 15.4. The van der Waals surface area contributed by atoms with Gasteiger partial charge in [-0.25, -0.2) is 0 Å². The molecule has 0 aliphatic carbocycles. The van der Waals surface area contributed by atoms with Crippen LogP contribution in [-0.4, -0.2) is 11.0 Å². The molecule has 0 unspecified atom stereocenters.